The maximum absolute atomic E-state index is 7.83. The fourth-order valence-electron chi connectivity index (χ4n) is 4.11. The van der Waals surface area contributed by atoms with Gasteiger partial charge in [-0.2, -0.15) is 0 Å². The fourth-order valence-corrected chi connectivity index (χ4v) is 4.92. The molecule has 4 heteroatoms. The van der Waals surface area contributed by atoms with Crippen LogP contribution in [0.15, 0.2) is 125 Å². The second-order valence-electron chi connectivity index (χ2n) is 7.50. The molecule has 0 saturated heterocycles. The van der Waals surface area contributed by atoms with Crippen molar-refractivity contribution in [3.63, 3.8) is 0 Å². The molecule has 0 amide bonds. The summed E-state index contributed by atoms with van der Waals surface area (Å²) in [6.07, 6.45) is 3.51. The lowest BCUT2D eigenvalue weighted by molar-refractivity contribution is 1.08. The van der Waals surface area contributed by atoms with E-state index in [1.54, 1.807) is 30.1 Å². The van der Waals surface area contributed by atoms with Crippen LogP contribution in [0.4, 0.5) is 0 Å². The van der Waals surface area contributed by atoms with E-state index in [1.807, 2.05) is 24.4 Å². The van der Waals surface area contributed by atoms with Gasteiger partial charge in [-0.1, -0.05) is 66.3 Å². The summed E-state index contributed by atoms with van der Waals surface area (Å²) in [5.74, 6) is 0.909. The second-order valence-corrected chi connectivity index (χ2v) is 8.59. The Bertz CT molecular complexity index is 1610. The summed E-state index contributed by atoms with van der Waals surface area (Å²) in [4.78, 5) is 10.1. The fraction of sp³-hybridized carbons (Fsp3) is 0. The molecule has 0 bridgehead atoms. The minimum atomic E-state index is 0.469. The third kappa shape index (κ3) is 3.35. The third-order valence-corrected chi connectivity index (χ3v) is 6.44. The summed E-state index contributed by atoms with van der Waals surface area (Å²) >= 11 is 1.57. The van der Waals surface area contributed by atoms with Crippen LogP contribution < -0.4 is 0 Å². The van der Waals surface area contributed by atoms with Gasteiger partial charge in [0.05, 0.1) is 12.4 Å². The lowest BCUT2D eigenvalue weighted by Crippen LogP contribution is -1.96. The Morgan fingerprint density at radius 2 is 1.50 bits per heavy atom. The SMILES string of the molecule is [2H]c1ccnc(Sc2cccc(-c3ccc4c5ccccc5n(-c5ccccn5)c4c3)c2)c1. The first-order valence-corrected chi connectivity index (χ1v) is 11.2. The van der Waals surface area contributed by atoms with Crippen LogP contribution in [0.2, 0.25) is 0 Å². The molecule has 0 aliphatic heterocycles. The average Bonchev–Trinajstić information content (AvgIpc) is 3.18. The number of pyridine rings is 2. The first-order chi connectivity index (χ1) is 16.3. The number of hydrogen-bond donors (Lipinski definition) is 0. The van der Waals surface area contributed by atoms with Gasteiger partial charge in [-0.25, -0.2) is 9.97 Å². The number of benzene rings is 3. The first kappa shape index (κ1) is 17.8. The van der Waals surface area contributed by atoms with E-state index < -0.39 is 0 Å². The van der Waals surface area contributed by atoms with Gasteiger partial charge in [0.2, 0.25) is 0 Å². The van der Waals surface area contributed by atoms with Crippen LogP contribution in [0.25, 0.3) is 38.8 Å². The lowest BCUT2D eigenvalue weighted by Gasteiger charge is -2.09. The van der Waals surface area contributed by atoms with Crippen LogP contribution in [0.3, 0.4) is 0 Å². The van der Waals surface area contributed by atoms with E-state index in [0.29, 0.717) is 6.04 Å². The minimum Gasteiger partial charge on any atom is -0.294 e. The van der Waals surface area contributed by atoms with Gasteiger partial charge < -0.3 is 0 Å². The first-order valence-electron chi connectivity index (χ1n) is 10.9. The largest absolute Gasteiger partial charge is 0.294 e. The molecule has 3 aromatic heterocycles. The van der Waals surface area contributed by atoms with Crippen molar-refractivity contribution in [3.8, 4) is 16.9 Å². The molecular formula is C28H19N3S. The topological polar surface area (TPSA) is 30.7 Å². The normalized spacial score (nSPS) is 11.7. The molecule has 0 atom stereocenters. The monoisotopic (exact) mass is 430 g/mol. The number of aromatic nitrogens is 3. The zero-order valence-electron chi connectivity index (χ0n) is 18.1. The smallest absolute Gasteiger partial charge is 0.137 e. The Morgan fingerprint density at radius 3 is 2.41 bits per heavy atom. The highest BCUT2D eigenvalue weighted by molar-refractivity contribution is 7.99. The number of rotatable bonds is 4. The van der Waals surface area contributed by atoms with Crippen molar-refractivity contribution >= 4 is 33.6 Å². The van der Waals surface area contributed by atoms with Crippen molar-refractivity contribution < 1.29 is 1.37 Å². The molecule has 0 fully saturated rings. The average molecular weight is 431 g/mol. The highest BCUT2D eigenvalue weighted by atomic mass is 32.2. The van der Waals surface area contributed by atoms with Crippen LogP contribution >= 0.6 is 11.8 Å². The standard InChI is InChI=1S/C28H19N3S/c1-2-11-25-23(10-1)24-15-14-21(19-26(24)31(25)27-12-3-5-16-29-27)20-8-7-9-22(18-20)32-28-13-4-6-17-30-28/h1-19H/i4D. The Labute approximate surface area is 191 Å². The van der Waals surface area contributed by atoms with Crippen LogP contribution in [-0.4, -0.2) is 14.5 Å². The summed E-state index contributed by atoms with van der Waals surface area (Å²) in [7, 11) is 0. The quantitative estimate of drug-likeness (QED) is 0.292. The van der Waals surface area contributed by atoms with Crippen molar-refractivity contribution in [2.24, 2.45) is 0 Å². The van der Waals surface area contributed by atoms with Crippen LogP contribution in [0.1, 0.15) is 1.37 Å². The van der Waals surface area contributed by atoms with Gasteiger partial charge in [0.1, 0.15) is 10.8 Å². The van der Waals surface area contributed by atoms with Gasteiger partial charge in [-0.05, 0) is 59.7 Å². The maximum Gasteiger partial charge on any atom is 0.137 e. The molecule has 6 aromatic rings. The van der Waals surface area contributed by atoms with Gasteiger partial charge in [-0.3, -0.25) is 4.57 Å². The Kier molecular flexibility index (Phi) is 4.43. The molecule has 32 heavy (non-hydrogen) atoms. The summed E-state index contributed by atoms with van der Waals surface area (Å²) in [6, 6.07) is 33.5. The number of hydrogen-bond acceptors (Lipinski definition) is 3. The molecule has 3 heterocycles. The van der Waals surface area contributed by atoms with Crippen LogP contribution in [-0.2, 0) is 0 Å². The summed E-state index contributed by atoms with van der Waals surface area (Å²) in [5, 5.41) is 3.25. The Morgan fingerprint density at radius 1 is 0.656 bits per heavy atom. The van der Waals surface area contributed by atoms with Gasteiger partial charge in [0, 0.05) is 28.1 Å². The van der Waals surface area contributed by atoms with Gasteiger partial charge in [0.15, 0.2) is 0 Å². The van der Waals surface area contributed by atoms with E-state index >= 15 is 0 Å². The molecule has 0 N–H and O–H groups in total. The summed E-state index contributed by atoms with van der Waals surface area (Å²) < 4.78 is 10.1. The molecule has 0 spiro atoms. The molecular weight excluding hydrogens is 410 g/mol. The maximum atomic E-state index is 7.83. The molecule has 0 aliphatic carbocycles. The van der Waals surface area contributed by atoms with E-state index in [4.69, 9.17) is 1.37 Å². The number of fused-ring (bicyclic) bond motifs is 3. The van der Waals surface area contributed by atoms with Crippen LogP contribution in [0.5, 0.6) is 0 Å². The highest BCUT2D eigenvalue weighted by Gasteiger charge is 2.13. The van der Waals surface area contributed by atoms with Crippen molar-refractivity contribution in [2.45, 2.75) is 9.92 Å². The molecule has 152 valence electrons. The van der Waals surface area contributed by atoms with Crippen molar-refractivity contribution in [1.29, 1.82) is 0 Å². The molecule has 3 nitrogen and oxygen atoms in total. The van der Waals surface area contributed by atoms with Crippen LogP contribution in [0, 0.1) is 0 Å². The van der Waals surface area contributed by atoms with E-state index in [2.05, 4.69) is 81.3 Å². The van der Waals surface area contributed by atoms with Gasteiger partial charge in [0.25, 0.3) is 0 Å². The second kappa shape index (κ2) is 7.98. The third-order valence-electron chi connectivity index (χ3n) is 5.52. The molecule has 0 radical (unpaired) electrons. The Hall–Kier alpha value is -3.89. The van der Waals surface area contributed by atoms with E-state index in [1.165, 1.54) is 10.8 Å². The van der Waals surface area contributed by atoms with Gasteiger partial charge >= 0.3 is 0 Å². The van der Waals surface area contributed by atoms with Crippen molar-refractivity contribution in [2.75, 3.05) is 0 Å². The predicted molar refractivity (Wildman–Crippen MR) is 132 cm³/mol. The molecule has 0 unspecified atom stereocenters. The summed E-state index contributed by atoms with van der Waals surface area (Å²) in [5.41, 5.74) is 4.57. The highest BCUT2D eigenvalue weighted by Crippen LogP contribution is 2.35. The molecule has 0 saturated carbocycles. The summed E-state index contributed by atoms with van der Waals surface area (Å²) in [6.45, 7) is 0. The molecule has 3 aromatic carbocycles. The van der Waals surface area contributed by atoms with E-state index in [-0.39, 0.29) is 0 Å². The predicted octanol–water partition coefficient (Wildman–Crippen LogP) is 7.39. The Balaban J connectivity index is 1.49. The number of nitrogens with zero attached hydrogens (tertiary/aromatic N) is 3. The molecule has 0 aliphatic rings. The zero-order valence-corrected chi connectivity index (χ0v) is 18.0. The van der Waals surface area contributed by atoms with E-state index in [9.17, 15) is 0 Å². The number of para-hydroxylation sites is 1. The zero-order chi connectivity index (χ0) is 22.2. The van der Waals surface area contributed by atoms with E-state index in [0.717, 1.165) is 37.9 Å². The minimum absolute atomic E-state index is 0.469. The molecule has 6 rings (SSSR count). The van der Waals surface area contributed by atoms with Gasteiger partial charge in [-0.15, -0.1) is 0 Å². The lowest BCUT2D eigenvalue weighted by atomic mass is 10.0. The van der Waals surface area contributed by atoms with Crippen molar-refractivity contribution in [1.82, 2.24) is 14.5 Å². The van der Waals surface area contributed by atoms with Crippen molar-refractivity contribution in [3.05, 3.63) is 115 Å².